The molecule has 0 fully saturated rings. The maximum Gasteiger partial charge on any atom is 0.270 e. The van der Waals surface area contributed by atoms with Crippen molar-refractivity contribution < 1.29 is 22.8 Å². The summed E-state index contributed by atoms with van der Waals surface area (Å²) in [6.45, 7) is 0. The number of non-ortho nitro benzene ring substituents is 1. The van der Waals surface area contributed by atoms with E-state index in [2.05, 4.69) is 15.2 Å². The molecule has 0 aromatic heterocycles. The van der Waals surface area contributed by atoms with Crippen LogP contribution in [0.5, 0.6) is 11.5 Å². The molecule has 3 rings (SSSR count). The molecule has 0 unspecified atom stereocenters. The largest absolute Gasteiger partial charge is 0.497 e. The molecule has 0 radical (unpaired) electrons. The number of nitrogens with one attached hydrogen (secondary N) is 2. The van der Waals surface area contributed by atoms with Crippen molar-refractivity contribution in [2.45, 2.75) is 4.90 Å². The highest BCUT2D eigenvalue weighted by Gasteiger charge is 2.23. The molecule has 0 heterocycles. The van der Waals surface area contributed by atoms with E-state index in [9.17, 15) is 18.5 Å². The molecule has 0 aliphatic heterocycles. The second-order valence-corrected chi connectivity index (χ2v) is 8.56. The summed E-state index contributed by atoms with van der Waals surface area (Å²) in [6.07, 6.45) is 1.41. The Labute approximate surface area is 195 Å². The Kier molecular flexibility index (Phi) is 7.36. The second kappa shape index (κ2) is 10.2. The molecule has 0 bridgehead atoms. The van der Waals surface area contributed by atoms with Gasteiger partial charge in [0.05, 0.1) is 41.8 Å². The molecule has 0 atom stereocenters. The van der Waals surface area contributed by atoms with Crippen LogP contribution in [0, 0.1) is 10.1 Å². The lowest BCUT2D eigenvalue weighted by Gasteiger charge is -2.13. The number of hydrazone groups is 1. The number of hydrogen-bond donors (Lipinski definition) is 2. The van der Waals surface area contributed by atoms with Gasteiger partial charge in [-0.1, -0.05) is 23.7 Å². The molecular weight excluding hydrogens is 472 g/mol. The summed E-state index contributed by atoms with van der Waals surface area (Å²) in [5, 5.41) is 15.5. The lowest BCUT2D eigenvalue weighted by Crippen LogP contribution is -2.15. The van der Waals surface area contributed by atoms with E-state index >= 15 is 0 Å². The number of para-hydroxylation sites is 1. The minimum Gasteiger partial charge on any atom is -0.497 e. The number of rotatable bonds is 9. The predicted octanol–water partition coefficient (Wildman–Crippen LogP) is 4.51. The highest BCUT2D eigenvalue weighted by atomic mass is 35.5. The van der Waals surface area contributed by atoms with Crippen LogP contribution in [-0.4, -0.2) is 33.8 Å². The zero-order valence-electron chi connectivity index (χ0n) is 17.5. The lowest BCUT2D eigenvalue weighted by atomic mass is 10.2. The molecule has 3 aromatic carbocycles. The summed E-state index contributed by atoms with van der Waals surface area (Å²) in [5.74, 6) is 1.07. The Morgan fingerprint density at radius 1 is 1.03 bits per heavy atom. The van der Waals surface area contributed by atoms with E-state index in [1.165, 1.54) is 44.7 Å². The van der Waals surface area contributed by atoms with E-state index in [-0.39, 0.29) is 21.3 Å². The maximum absolute atomic E-state index is 13.0. The quantitative estimate of drug-likeness (QED) is 0.256. The van der Waals surface area contributed by atoms with Gasteiger partial charge in [-0.3, -0.25) is 20.3 Å². The van der Waals surface area contributed by atoms with Crippen LogP contribution in [0.15, 0.2) is 70.7 Å². The standard InChI is InChI=1S/C21H19ClN4O6S/c1-31-16-9-7-14(20(12-16)32-2)13-23-24-19-10-8-15(26(27)28)11-21(19)33(29,30)25-18-6-4-3-5-17(18)22/h3-13,24-25H,1-2H3/b23-13+. The summed E-state index contributed by atoms with van der Waals surface area (Å²) in [4.78, 5) is 10.2. The van der Waals surface area contributed by atoms with Crippen LogP contribution in [0.25, 0.3) is 0 Å². The summed E-state index contributed by atoms with van der Waals surface area (Å²) >= 11 is 6.05. The third kappa shape index (κ3) is 5.70. The highest BCUT2D eigenvalue weighted by molar-refractivity contribution is 7.93. The Morgan fingerprint density at radius 2 is 1.79 bits per heavy atom. The number of nitro benzene ring substituents is 1. The SMILES string of the molecule is COc1ccc(/C=N/Nc2ccc([N+](=O)[O-])cc2S(=O)(=O)Nc2ccccc2Cl)c(OC)c1. The average molecular weight is 491 g/mol. The van der Waals surface area contributed by atoms with E-state index < -0.39 is 20.6 Å². The Bertz CT molecular complexity index is 1310. The maximum atomic E-state index is 13.0. The number of nitrogens with zero attached hydrogens (tertiary/aromatic N) is 2. The number of anilines is 2. The van der Waals surface area contributed by atoms with Crippen LogP contribution in [0.1, 0.15) is 5.56 Å². The second-order valence-electron chi connectivity index (χ2n) is 6.50. The van der Waals surface area contributed by atoms with Gasteiger partial charge in [-0.15, -0.1) is 0 Å². The van der Waals surface area contributed by atoms with Gasteiger partial charge in [0.2, 0.25) is 0 Å². The van der Waals surface area contributed by atoms with Gasteiger partial charge in [0.25, 0.3) is 15.7 Å². The molecule has 3 aromatic rings. The zero-order chi connectivity index (χ0) is 24.0. The van der Waals surface area contributed by atoms with Crippen LogP contribution < -0.4 is 19.6 Å². The summed E-state index contributed by atoms with van der Waals surface area (Å²) in [5.41, 5.74) is 2.95. The van der Waals surface area contributed by atoms with Crippen molar-refractivity contribution in [2.75, 3.05) is 24.4 Å². The molecule has 10 nitrogen and oxygen atoms in total. The lowest BCUT2D eigenvalue weighted by molar-refractivity contribution is -0.385. The van der Waals surface area contributed by atoms with Crippen molar-refractivity contribution >= 4 is 44.9 Å². The van der Waals surface area contributed by atoms with Gasteiger partial charge in [0.1, 0.15) is 16.4 Å². The molecule has 172 valence electrons. The van der Waals surface area contributed by atoms with Crippen molar-refractivity contribution in [3.63, 3.8) is 0 Å². The van der Waals surface area contributed by atoms with Crippen molar-refractivity contribution in [1.82, 2.24) is 0 Å². The average Bonchev–Trinajstić information content (AvgIpc) is 2.80. The van der Waals surface area contributed by atoms with Gasteiger partial charge in [-0.05, 0) is 30.3 Å². The number of sulfonamides is 1. The highest BCUT2D eigenvalue weighted by Crippen LogP contribution is 2.30. The molecule has 33 heavy (non-hydrogen) atoms. The molecular formula is C21H19ClN4O6S. The number of hydrogen-bond acceptors (Lipinski definition) is 8. The molecule has 12 heteroatoms. The van der Waals surface area contributed by atoms with E-state index in [1.54, 1.807) is 30.3 Å². The number of halogens is 1. The summed E-state index contributed by atoms with van der Waals surface area (Å²) in [7, 11) is -1.24. The first-order valence-corrected chi connectivity index (χ1v) is 11.2. The van der Waals surface area contributed by atoms with Gasteiger partial charge in [-0.25, -0.2) is 8.42 Å². The van der Waals surface area contributed by atoms with E-state index in [1.807, 2.05) is 0 Å². The van der Waals surface area contributed by atoms with Crippen molar-refractivity contribution in [1.29, 1.82) is 0 Å². The third-order valence-electron chi connectivity index (χ3n) is 4.41. The Morgan fingerprint density at radius 3 is 2.45 bits per heavy atom. The van der Waals surface area contributed by atoms with E-state index in [0.29, 0.717) is 17.1 Å². The Balaban J connectivity index is 1.95. The molecule has 0 saturated heterocycles. The number of methoxy groups -OCH3 is 2. The van der Waals surface area contributed by atoms with Crippen LogP contribution in [0.4, 0.5) is 17.1 Å². The number of benzene rings is 3. The minimum absolute atomic E-state index is 0.0175. The topological polar surface area (TPSA) is 132 Å². The smallest absolute Gasteiger partial charge is 0.270 e. The first-order chi connectivity index (χ1) is 15.7. The van der Waals surface area contributed by atoms with Gasteiger partial charge >= 0.3 is 0 Å². The minimum atomic E-state index is -4.26. The fraction of sp³-hybridized carbons (Fsp3) is 0.0952. The first-order valence-electron chi connectivity index (χ1n) is 9.32. The van der Waals surface area contributed by atoms with Gasteiger partial charge in [-0.2, -0.15) is 5.10 Å². The fourth-order valence-corrected chi connectivity index (χ4v) is 4.28. The van der Waals surface area contributed by atoms with Crippen LogP contribution in [0.3, 0.4) is 0 Å². The van der Waals surface area contributed by atoms with E-state index in [0.717, 1.165) is 6.07 Å². The Hall–Kier alpha value is -3.83. The van der Waals surface area contributed by atoms with Crippen LogP contribution >= 0.6 is 11.6 Å². The number of ether oxygens (including phenoxy) is 2. The molecule has 0 spiro atoms. The van der Waals surface area contributed by atoms with Gasteiger partial charge < -0.3 is 9.47 Å². The van der Waals surface area contributed by atoms with Crippen LogP contribution in [-0.2, 0) is 10.0 Å². The fourth-order valence-electron chi connectivity index (χ4n) is 2.78. The van der Waals surface area contributed by atoms with Gasteiger partial charge in [0, 0.05) is 23.8 Å². The number of nitro groups is 1. The van der Waals surface area contributed by atoms with Crippen LogP contribution in [0.2, 0.25) is 5.02 Å². The third-order valence-corrected chi connectivity index (χ3v) is 6.15. The van der Waals surface area contributed by atoms with Crippen molar-refractivity contribution in [3.05, 3.63) is 81.4 Å². The molecule has 2 N–H and O–H groups in total. The van der Waals surface area contributed by atoms with Crippen molar-refractivity contribution in [3.8, 4) is 11.5 Å². The van der Waals surface area contributed by atoms with E-state index in [4.69, 9.17) is 21.1 Å². The molecule has 0 aliphatic carbocycles. The molecule has 0 aliphatic rings. The first kappa shape index (κ1) is 23.8. The normalized spacial score (nSPS) is 11.2. The summed E-state index contributed by atoms with van der Waals surface area (Å²) in [6, 6.07) is 14.7. The molecule has 0 amide bonds. The monoisotopic (exact) mass is 490 g/mol. The zero-order valence-corrected chi connectivity index (χ0v) is 19.1. The predicted molar refractivity (Wildman–Crippen MR) is 126 cm³/mol. The molecule has 0 saturated carbocycles. The van der Waals surface area contributed by atoms with Gasteiger partial charge in [0.15, 0.2) is 0 Å². The van der Waals surface area contributed by atoms with Crippen molar-refractivity contribution in [2.24, 2.45) is 5.10 Å². The summed E-state index contributed by atoms with van der Waals surface area (Å²) < 4.78 is 38.9.